The normalized spacial score (nSPS) is 11.5. The number of hydrogen-bond acceptors (Lipinski definition) is 6. The summed E-state index contributed by atoms with van der Waals surface area (Å²) in [6.07, 6.45) is 1.65. The summed E-state index contributed by atoms with van der Waals surface area (Å²) in [5.41, 5.74) is 1.63. The first-order valence-electron chi connectivity index (χ1n) is 7.06. The average Bonchev–Trinajstić information content (AvgIpc) is 3.22. The molecule has 4 aromatic rings. The van der Waals surface area contributed by atoms with E-state index in [9.17, 15) is 4.79 Å². The summed E-state index contributed by atoms with van der Waals surface area (Å²) in [5.74, 6) is 0.640. The molecule has 4 aromatic heterocycles. The number of aromatic nitrogens is 4. The van der Waals surface area contributed by atoms with E-state index < -0.39 is 0 Å². The van der Waals surface area contributed by atoms with E-state index in [0.29, 0.717) is 10.7 Å². The van der Waals surface area contributed by atoms with Crippen LogP contribution in [-0.2, 0) is 0 Å². The molecule has 0 saturated heterocycles. The van der Waals surface area contributed by atoms with E-state index in [4.69, 9.17) is 0 Å². The number of thiophene rings is 2. The van der Waals surface area contributed by atoms with Crippen molar-refractivity contribution in [2.45, 2.75) is 6.92 Å². The summed E-state index contributed by atoms with van der Waals surface area (Å²) in [6.45, 7) is 1.94. The highest BCUT2D eigenvalue weighted by Gasteiger charge is 2.21. The first-order valence-corrected chi connectivity index (χ1v) is 9.55. The Kier molecular flexibility index (Phi) is 3.66. The number of aryl methyl sites for hydroxylation is 1. The molecule has 0 atom stereocenters. The zero-order valence-corrected chi connectivity index (χ0v) is 16.3. The maximum atomic E-state index is 12.4. The fourth-order valence-corrected chi connectivity index (χ4v) is 5.00. The molecular weight excluding hydrogens is 410 g/mol. The van der Waals surface area contributed by atoms with Crippen molar-refractivity contribution in [2.75, 3.05) is 14.1 Å². The van der Waals surface area contributed by atoms with Crippen LogP contribution in [0.2, 0.25) is 0 Å². The molecule has 0 saturated carbocycles. The van der Waals surface area contributed by atoms with E-state index in [1.165, 1.54) is 11.3 Å². The molecule has 1 amide bonds. The van der Waals surface area contributed by atoms with Gasteiger partial charge in [0.2, 0.25) is 0 Å². The van der Waals surface area contributed by atoms with Crippen molar-refractivity contribution in [3.63, 3.8) is 0 Å². The fourth-order valence-electron chi connectivity index (χ4n) is 2.48. The molecule has 9 heteroatoms. The van der Waals surface area contributed by atoms with Gasteiger partial charge in [-0.25, -0.2) is 14.5 Å². The molecular formula is C15H12BrN5OS2. The summed E-state index contributed by atoms with van der Waals surface area (Å²) >= 11 is 6.43. The highest BCUT2D eigenvalue weighted by Crippen LogP contribution is 2.34. The number of carbonyl (C=O) groups is 1. The molecule has 0 aliphatic carbocycles. The summed E-state index contributed by atoms with van der Waals surface area (Å²) in [6, 6.07) is 1.99. The molecule has 6 nitrogen and oxygen atoms in total. The minimum atomic E-state index is -0.0180. The predicted molar refractivity (Wildman–Crippen MR) is 99.9 cm³/mol. The zero-order chi connectivity index (χ0) is 17.0. The number of nitrogens with zero attached hydrogens (tertiary/aromatic N) is 5. The van der Waals surface area contributed by atoms with Crippen LogP contribution in [0, 0.1) is 6.92 Å². The lowest BCUT2D eigenvalue weighted by atomic mass is 10.2. The van der Waals surface area contributed by atoms with Gasteiger partial charge in [0.05, 0.1) is 15.1 Å². The van der Waals surface area contributed by atoms with Crippen molar-refractivity contribution in [3.8, 4) is 10.7 Å². The third-order valence-electron chi connectivity index (χ3n) is 3.66. The summed E-state index contributed by atoms with van der Waals surface area (Å²) in [4.78, 5) is 25.6. The van der Waals surface area contributed by atoms with Gasteiger partial charge in [-0.2, -0.15) is 0 Å². The summed E-state index contributed by atoms with van der Waals surface area (Å²) < 4.78 is 2.68. The van der Waals surface area contributed by atoms with Crippen LogP contribution < -0.4 is 0 Å². The van der Waals surface area contributed by atoms with E-state index >= 15 is 0 Å². The maximum absolute atomic E-state index is 12.4. The van der Waals surface area contributed by atoms with Crippen molar-refractivity contribution >= 4 is 60.4 Å². The zero-order valence-electron chi connectivity index (χ0n) is 13.1. The first kappa shape index (κ1) is 15.7. The number of hydrogen-bond donors (Lipinski definition) is 0. The van der Waals surface area contributed by atoms with Gasteiger partial charge in [-0.15, -0.1) is 27.8 Å². The van der Waals surface area contributed by atoms with Crippen LogP contribution in [0.15, 0.2) is 22.2 Å². The standard InChI is InChI=1S/C15H12BrN5OS2/c1-7-10-13-18-12(9-4-8(16)5-23-9)19-21(13)6-17-14(10)24-11(7)15(22)20(2)3/h4-6H,1-3H3. The van der Waals surface area contributed by atoms with Gasteiger partial charge in [0, 0.05) is 23.9 Å². The second-order valence-corrected chi connectivity index (χ2v) is 8.34. The highest BCUT2D eigenvalue weighted by atomic mass is 79.9. The molecule has 0 aliphatic rings. The lowest BCUT2D eigenvalue weighted by molar-refractivity contribution is 0.0831. The van der Waals surface area contributed by atoms with E-state index in [1.54, 1.807) is 41.2 Å². The number of fused-ring (bicyclic) bond motifs is 3. The van der Waals surface area contributed by atoms with Crippen LogP contribution >= 0.6 is 38.6 Å². The van der Waals surface area contributed by atoms with Crippen molar-refractivity contribution < 1.29 is 4.79 Å². The van der Waals surface area contributed by atoms with Crippen LogP contribution in [0.4, 0.5) is 0 Å². The second kappa shape index (κ2) is 5.61. The Morgan fingerprint density at radius 2 is 2.17 bits per heavy atom. The Balaban J connectivity index is 1.97. The molecule has 0 N–H and O–H groups in total. The summed E-state index contributed by atoms with van der Waals surface area (Å²) in [5, 5.41) is 7.41. The second-order valence-electron chi connectivity index (χ2n) is 5.51. The number of rotatable bonds is 2. The minimum absolute atomic E-state index is 0.0180. The van der Waals surface area contributed by atoms with Crippen LogP contribution in [0.5, 0.6) is 0 Å². The van der Waals surface area contributed by atoms with Gasteiger partial charge in [0.15, 0.2) is 11.5 Å². The Labute approximate surface area is 153 Å². The Morgan fingerprint density at radius 1 is 1.38 bits per heavy atom. The number of carbonyl (C=O) groups excluding carboxylic acids is 1. The molecule has 24 heavy (non-hydrogen) atoms. The van der Waals surface area contributed by atoms with Gasteiger partial charge in [-0.1, -0.05) is 0 Å². The Bertz CT molecular complexity index is 1090. The van der Waals surface area contributed by atoms with Crippen molar-refractivity contribution in [2.24, 2.45) is 0 Å². The molecule has 0 bridgehead atoms. The Hall–Kier alpha value is -1.84. The van der Waals surface area contributed by atoms with Gasteiger partial charge in [0.1, 0.15) is 11.2 Å². The predicted octanol–water partition coefficient (Wildman–Crippen LogP) is 3.84. The molecule has 0 unspecified atom stereocenters. The van der Waals surface area contributed by atoms with Gasteiger partial charge < -0.3 is 4.90 Å². The van der Waals surface area contributed by atoms with E-state index in [-0.39, 0.29) is 5.91 Å². The molecule has 122 valence electrons. The van der Waals surface area contributed by atoms with Gasteiger partial charge >= 0.3 is 0 Å². The first-order chi connectivity index (χ1) is 11.5. The van der Waals surface area contributed by atoms with Crippen molar-refractivity contribution in [1.29, 1.82) is 0 Å². The minimum Gasteiger partial charge on any atom is -0.344 e. The van der Waals surface area contributed by atoms with Gasteiger partial charge in [0.25, 0.3) is 5.91 Å². The Morgan fingerprint density at radius 3 is 2.83 bits per heavy atom. The van der Waals surface area contributed by atoms with E-state index in [2.05, 4.69) is 31.0 Å². The fraction of sp³-hybridized carbons (Fsp3) is 0.200. The quantitative estimate of drug-likeness (QED) is 0.493. The van der Waals surface area contributed by atoms with Gasteiger partial charge in [-0.3, -0.25) is 4.79 Å². The van der Waals surface area contributed by atoms with E-state index in [1.807, 2.05) is 18.4 Å². The molecule has 0 aromatic carbocycles. The molecule has 0 radical (unpaired) electrons. The largest absolute Gasteiger partial charge is 0.344 e. The number of halogens is 1. The summed E-state index contributed by atoms with van der Waals surface area (Å²) in [7, 11) is 3.50. The number of amides is 1. The molecule has 4 heterocycles. The van der Waals surface area contributed by atoms with Gasteiger partial charge in [-0.05, 0) is 34.5 Å². The lowest BCUT2D eigenvalue weighted by Gasteiger charge is -2.08. The van der Waals surface area contributed by atoms with Crippen LogP contribution in [0.1, 0.15) is 15.2 Å². The van der Waals surface area contributed by atoms with Crippen LogP contribution in [-0.4, -0.2) is 44.5 Å². The smallest absolute Gasteiger partial charge is 0.263 e. The van der Waals surface area contributed by atoms with Crippen LogP contribution in [0.25, 0.3) is 26.6 Å². The van der Waals surface area contributed by atoms with Crippen molar-refractivity contribution in [3.05, 3.63) is 32.7 Å². The van der Waals surface area contributed by atoms with E-state index in [0.717, 1.165) is 30.8 Å². The third kappa shape index (κ3) is 2.35. The maximum Gasteiger partial charge on any atom is 0.263 e. The third-order valence-corrected chi connectivity index (χ3v) is 6.53. The van der Waals surface area contributed by atoms with Crippen LogP contribution in [0.3, 0.4) is 0 Å². The average molecular weight is 422 g/mol. The molecule has 0 spiro atoms. The topological polar surface area (TPSA) is 63.4 Å². The monoisotopic (exact) mass is 421 g/mol. The lowest BCUT2D eigenvalue weighted by Crippen LogP contribution is -2.21. The highest BCUT2D eigenvalue weighted by molar-refractivity contribution is 9.10. The SMILES string of the molecule is Cc1c(C(=O)N(C)C)sc2ncn3nc(-c4cc(Br)cs4)nc3c12. The molecule has 0 aliphatic heterocycles. The molecule has 0 fully saturated rings. The molecule has 4 rings (SSSR count). The van der Waals surface area contributed by atoms with Crippen molar-refractivity contribution in [1.82, 2.24) is 24.5 Å².